The fourth-order valence-corrected chi connectivity index (χ4v) is 3.85. The summed E-state index contributed by atoms with van der Waals surface area (Å²) in [5.41, 5.74) is 0.0621. The lowest BCUT2D eigenvalue weighted by Gasteiger charge is -2.30. The summed E-state index contributed by atoms with van der Waals surface area (Å²) in [6.45, 7) is 4.12. The second-order valence-corrected chi connectivity index (χ2v) is 7.59. The Morgan fingerprint density at radius 2 is 1.80 bits per heavy atom. The third-order valence-corrected chi connectivity index (χ3v) is 4.79. The molecule has 0 saturated carbocycles. The Bertz CT molecular complexity index is 571. The molecule has 0 bridgehead atoms. The summed E-state index contributed by atoms with van der Waals surface area (Å²) in [5.74, 6) is 0.507. The maximum absolute atomic E-state index is 11.3. The fraction of sp³-hybridized carbons (Fsp3) is 0.500. The average Bonchev–Trinajstić information content (AvgIpc) is 2.43. The van der Waals surface area contributed by atoms with Gasteiger partial charge in [-0.3, -0.25) is 0 Å². The molecule has 0 spiro atoms. The van der Waals surface area contributed by atoms with Gasteiger partial charge in [-0.15, -0.1) is 0 Å². The maximum atomic E-state index is 11.3. The van der Waals surface area contributed by atoms with Crippen molar-refractivity contribution in [1.82, 2.24) is 0 Å². The summed E-state index contributed by atoms with van der Waals surface area (Å²) >= 11 is 0. The van der Waals surface area contributed by atoms with Crippen molar-refractivity contribution >= 4 is 19.7 Å². The van der Waals surface area contributed by atoms with Gasteiger partial charge in [0.25, 0.3) is 0 Å². The molecule has 0 aliphatic rings. The summed E-state index contributed by atoms with van der Waals surface area (Å²) in [6, 6.07) is 8.74. The minimum atomic E-state index is -3.57. The van der Waals surface area contributed by atoms with Crippen LogP contribution in [0.4, 0.5) is 0 Å². The van der Waals surface area contributed by atoms with Crippen LogP contribution >= 0.6 is 10.7 Å². The second-order valence-electron chi connectivity index (χ2n) is 4.82. The lowest BCUT2D eigenvalue weighted by atomic mass is 9.85. The number of ether oxygens (including phenoxy) is 1. The zero-order chi connectivity index (χ0) is 15.2. The van der Waals surface area contributed by atoms with Crippen LogP contribution in [0.15, 0.2) is 24.3 Å². The number of benzene rings is 1. The van der Waals surface area contributed by atoms with Crippen molar-refractivity contribution in [2.45, 2.75) is 26.7 Å². The quantitative estimate of drug-likeness (QED) is 0.724. The van der Waals surface area contributed by atoms with Crippen LogP contribution in [0.2, 0.25) is 0 Å². The standard InChI is InChI=1S/C14H18ClNO3S/c1-3-14(4-2,11-20(15,17)18)10-19-13-7-5-12(9-16)6-8-13/h5-8H,3-4,10-11H2,1-2H3. The van der Waals surface area contributed by atoms with E-state index in [9.17, 15) is 8.42 Å². The molecule has 6 heteroatoms. The van der Waals surface area contributed by atoms with Crippen molar-refractivity contribution < 1.29 is 13.2 Å². The van der Waals surface area contributed by atoms with E-state index in [2.05, 4.69) is 0 Å². The topological polar surface area (TPSA) is 67.2 Å². The van der Waals surface area contributed by atoms with Gasteiger partial charge in [0.15, 0.2) is 0 Å². The molecule has 0 fully saturated rings. The first-order valence-corrected chi connectivity index (χ1v) is 8.87. The van der Waals surface area contributed by atoms with Gasteiger partial charge in [0.2, 0.25) is 9.05 Å². The van der Waals surface area contributed by atoms with Crippen LogP contribution in [0.3, 0.4) is 0 Å². The largest absolute Gasteiger partial charge is 0.493 e. The number of hydrogen-bond donors (Lipinski definition) is 0. The predicted octanol–water partition coefficient (Wildman–Crippen LogP) is 3.31. The number of nitriles is 1. The average molecular weight is 316 g/mol. The van der Waals surface area contributed by atoms with E-state index < -0.39 is 14.5 Å². The van der Waals surface area contributed by atoms with Crippen LogP contribution in [0.25, 0.3) is 0 Å². The third-order valence-electron chi connectivity index (χ3n) is 3.51. The predicted molar refractivity (Wildman–Crippen MR) is 79.3 cm³/mol. The number of nitrogens with zero attached hydrogens (tertiary/aromatic N) is 1. The highest BCUT2D eigenvalue weighted by molar-refractivity contribution is 8.13. The van der Waals surface area contributed by atoms with Gasteiger partial charge in [0.1, 0.15) is 5.75 Å². The molecular formula is C14H18ClNO3S. The molecule has 0 aliphatic carbocycles. The van der Waals surface area contributed by atoms with Crippen LogP contribution in [0, 0.1) is 16.7 Å². The van der Waals surface area contributed by atoms with Gasteiger partial charge in [-0.25, -0.2) is 8.42 Å². The summed E-state index contributed by atoms with van der Waals surface area (Å²) in [7, 11) is 1.81. The molecule has 4 nitrogen and oxygen atoms in total. The van der Waals surface area contributed by atoms with E-state index in [0.29, 0.717) is 24.2 Å². The van der Waals surface area contributed by atoms with Gasteiger partial charge >= 0.3 is 0 Å². The summed E-state index contributed by atoms with van der Waals surface area (Å²) in [4.78, 5) is 0. The fourth-order valence-electron chi connectivity index (χ4n) is 1.93. The van der Waals surface area contributed by atoms with E-state index in [1.807, 2.05) is 19.9 Å². The van der Waals surface area contributed by atoms with Gasteiger partial charge in [0, 0.05) is 16.1 Å². The van der Waals surface area contributed by atoms with E-state index in [1.165, 1.54) is 0 Å². The molecule has 1 aromatic carbocycles. The van der Waals surface area contributed by atoms with Crippen molar-refractivity contribution in [3.05, 3.63) is 29.8 Å². The molecule has 20 heavy (non-hydrogen) atoms. The minimum Gasteiger partial charge on any atom is -0.493 e. The monoisotopic (exact) mass is 315 g/mol. The number of hydrogen-bond acceptors (Lipinski definition) is 4. The van der Waals surface area contributed by atoms with Crippen LogP contribution in [0.5, 0.6) is 5.75 Å². The van der Waals surface area contributed by atoms with E-state index in [4.69, 9.17) is 20.7 Å². The van der Waals surface area contributed by atoms with Crippen LogP contribution < -0.4 is 4.74 Å². The smallest absolute Gasteiger partial charge is 0.233 e. The van der Waals surface area contributed by atoms with Gasteiger partial charge in [-0.1, -0.05) is 13.8 Å². The van der Waals surface area contributed by atoms with Gasteiger partial charge in [-0.05, 0) is 37.1 Å². The van der Waals surface area contributed by atoms with E-state index in [-0.39, 0.29) is 12.4 Å². The lowest BCUT2D eigenvalue weighted by molar-refractivity contribution is 0.155. The summed E-state index contributed by atoms with van der Waals surface area (Å²) in [6.07, 6.45) is 1.32. The van der Waals surface area contributed by atoms with Crippen molar-refractivity contribution in [3.63, 3.8) is 0 Å². The molecule has 0 atom stereocenters. The van der Waals surface area contributed by atoms with Gasteiger partial charge in [-0.2, -0.15) is 5.26 Å². The first kappa shape index (κ1) is 16.8. The van der Waals surface area contributed by atoms with Gasteiger partial charge in [0.05, 0.1) is 24.0 Å². The first-order chi connectivity index (χ1) is 9.34. The number of rotatable bonds is 7. The Kier molecular flexibility index (Phi) is 5.85. The highest BCUT2D eigenvalue weighted by atomic mass is 35.7. The summed E-state index contributed by atoms with van der Waals surface area (Å²) in [5, 5.41) is 8.72. The Morgan fingerprint density at radius 3 is 2.20 bits per heavy atom. The Labute approximate surface area is 124 Å². The van der Waals surface area contributed by atoms with Crippen molar-refractivity contribution in [1.29, 1.82) is 5.26 Å². The summed E-state index contributed by atoms with van der Waals surface area (Å²) < 4.78 is 28.3. The zero-order valence-electron chi connectivity index (χ0n) is 11.6. The third kappa shape index (κ3) is 5.03. The van der Waals surface area contributed by atoms with Crippen molar-refractivity contribution in [3.8, 4) is 11.8 Å². The molecule has 110 valence electrons. The first-order valence-electron chi connectivity index (χ1n) is 6.39. The van der Waals surface area contributed by atoms with Gasteiger partial charge < -0.3 is 4.74 Å². The molecule has 0 unspecified atom stereocenters. The minimum absolute atomic E-state index is 0.106. The molecule has 0 radical (unpaired) electrons. The molecular weight excluding hydrogens is 298 g/mol. The van der Waals surface area contributed by atoms with E-state index >= 15 is 0 Å². The Morgan fingerprint density at radius 1 is 1.25 bits per heavy atom. The Balaban J connectivity index is 2.78. The molecule has 0 aromatic heterocycles. The lowest BCUT2D eigenvalue weighted by Crippen LogP contribution is -2.33. The van der Waals surface area contributed by atoms with Crippen molar-refractivity contribution in [2.24, 2.45) is 5.41 Å². The maximum Gasteiger partial charge on any atom is 0.233 e. The highest BCUT2D eigenvalue weighted by Gasteiger charge is 2.32. The molecule has 0 N–H and O–H groups in total. The molecule has 1 rings (SSSR count). The van der Waals surface area contributed by atoms with E-state index in [0.717, 1.165) is 0 Å². The molecule has 0 heterocycles. The van der Waals surface area contributed by atoms with E-state index in [1.54, 1.807) is 24.3 Å². The zero-order valence-corrected chi connectivity index (χ0v) is 13.2. The SMILES string of the molecule is CCC(CC)(COc1ccc(C#N)cc1)CS(=O)(=O)Cl. The van der Waals surface area contributed by atoms with Crippen LogP contribution in [0.1, 0.15) is 32.3 Å². The molecule has 0 amide bonds. The number of halogens is 1. The molecule has 0 saturated heterocycles. The van der Waals surface area contributed by atoms with Crippen LogP contribution in [-0.4, -0.2) is 20.8 Å². The molecule has 1 aromatic rings. The highest BCUT2D eigenvalue weighted by Crippen LogP contribution is 2.30. The second kappa shape index (κ2) is 6.96. The van der Waals surface area contributed by atoms with Crippen molar-refractivity contribution in [2.75, 3.05) is 12.4 Å². The van der Waals surface area contributed by atoms with Crippen LogP contribution in [-0.2, 0) is 9.05 Å². The Hall–Kier alpha value is -1.25. The molecule has 0 aliphatic heterocycles. The normalized spacial score (nSPS) is 11.9.